The third-order valence-electron chi connectivity index (χ3n) is 4.53. The van der Waals surface area contributed by atoms with E-state index in [4.69, 9.17) is 4.98 Å². The third-order valence-corrected chi connectivity index (χ3v) is 5.66. The van der Waals surface area contributed by atoms with Gasteiger partial charge >= 0.3 is 6.03 Å². The Labute approximate surface area is 150 Å². The molecule has 0 spiro atoms. The smallest absolute Gasteiger partial charge is 0.318 e. The Kier molecular flexibility index (Phi) is 4.61. The first-order valence-corrected chi connectivity index (χ1v) is 9.42. The van der Waals surface area contributed by atoms with E-state index in [1.54, 1.807) is 23.7 Å². The molecule has 3 heterocycles. The first-order chi connectivity index (χ1) is 12.3. The molecule has 5 nitrogen and oxygen atoms in total. The summed E-state index contributed by atoms with van der Waals surface area (Å²) >= 11 is 1.70. The van der Waals surface area contributed by atoms with Crippen molar-refractivity contribution >= 4 is 27.6 Å². The second kappa shape index (κ2) is 7.19. The molecular formula is C19H20N4OS. The number of urea groups is 1. The summed E-state index contributed by atoms with van der Waals surface area (Å²) in [5.74, 6) is 0. The zero-order chi connectivity index (χ0) is 17.1. The number of nitrogens with one attached hydrogen (secondary N) is 1. The minimum absolute atomic E-state index is 0.0205. The summed E-state index contributed by atoms with van der Waals surface area (Å²) in [6.07, 6.45) is 6.66. The molecule has 0 radical (unpaired) electrons. The summed E-state index contributed by atoms with van der Waals surface area (Å²) < 4.78 is 1.18. The number of carbonyl (C=O) groups is 1. The fourth-order valence-electron chi connectivity index (χ4n) is 3.25. The Morgan fingerprint density at radius 3 is 3.00 bits per heavy atom. The van der Waals surface area contributed by atoms with Crippen LogP contribution >= 0.6 is 11.3 Å². The maximum Gasteiger partial charge on any atom is 0.318 e. The van der Waals surface area contributed by atoms with Crippen molar-refractivity contribution in [3.63, 3.8) is 0 Å². The van der Waals surface area contributed by atoms with Crippen molar-refractivity contribution < 1.29 is 4.79 Å². The molecule has 0 aliphatic carbocycles. The van der Waals surface area contributed by atoms with Gasteiger partial charge in [0.05, 0.1) is 16.3 Å². The molecule has 1 unspecified atom stereocenters. The van der Waals surface area contributed by atoms with E-state index < -0.39 is 0 Å². The van der Waals surface area contributed by atoms with Crippen LogP contribution in [0, 0.1) is 0 Å². The fraction of sp³-hybridized carbons (Fsp3) is 0.316. The van der Waals surface area contributed by atoms with Crippen LogP contribution in [0.1, 0.15) is 35.9 Å². The average molecular weight is 352 g/mol. The van der Waals surface area contributed by atoms with E-state index in [9.17, 15) is 4.79 Å². The number of amides is 2. The van der Waals surface area contributed by atoms with Crippen molar-refractivity contribution in [1.82, 2.24) is 20.2 Å². The van der Waals surface area contributed by atoms with Gasteiger partial charge in [-0.15, -0.1) is 11.3 Å². The Balaban J connectivity index is 1.51. The van der Waals surface area contributed by atoms with E-state index in [-0.39, 0.29) is 12.1 Å². The van der Waals surface area contributed by atoms with Gasteiger partial charge in [-0.1, -0.05) is 18.2 Å². The predicted octanol–water partition coefficient (Wildman–Crippen LogP) is 4.13. The number of piperidine rings is 1. The van der Waals surface area contributed by atoms with E-state index in [0.717, 1.165) is 41.9 Å². The zero-order valence-corrected chi connectivity index (χ0v) is 14.7. The Hall–Kier alpha value is -2.47. The molecule has 1 fully saturated rings. The largest absolute Gasteiger partial charge is 0.334 e. The number of aromatic nitrogens is 2. The van der Waals surface area contributed by atoms with Crippen molar-refractivity contribution in [2.45, 2.75) is 31.8 Å². The van der Waals surface area contributed by atoms with E-state index >= 15 is 0 Å². The highest BCUT2D eigenvalue weighted by molar-refractivity contribution is 7.18. The molecular weight excluding hydrogens is 332 g/mol. The molecule has 1 aliphatic rings. The van der Waals surface area contributed by atoms with Crippen molar-refractivity contribution in [2.75, 3.05) is 6.54 Å². The first-order valence-electron chi connectivity index (χ1n) is 8.60. The van der Waals surface area contributed by atoms with Gasteiger partial charge < -0.3 is 10.2 Å². The summed E-state index contributed by atoms with van der Waals surface area (Å²) in [5.41, 5.74) is 2.02. The summed E-state index contributed by atoms with van der Waals surface area (Å²) in [4.78, 5) is 23.5. The van der Waals surface area contributed by atoms with Crippen molar-refractivity contribution in [3.8, 4) is 0 Å². The van der Waals surface area contributed by atoms with Crippen LogP contribution in [0.2, 0.25) is 0 Å². The molecule has 1 aromatic carbocycles. The topological polar surface area (TPSA) is 58.1 Å². The maximum absolute atomic E-state index is 12.7. The predicted molar refractivity (Wildman–Crippen MR) is 99.4 cm³/mol. The monoisotopic (exact) mass is 352 g/mol. The number of pyridine rings is 1. The SMILES string of the molecule is O=C(NCc1cccnc1)N1CCCCC1c1nc2ccccc2s1. The highest BCUT2D eigenvalue weighted by atomic mass is 32.1. The highest BCUT2D eigenvalue weighted by Gasteiger charge is 2.30. The molecule has 2 amide bonds. The summed E-state index contributed by atoms with van der Waals surface area (Å²) in [6, 6.07) is 12.1. The maximum atomic E-state index is 12.7. The van der Waals surface area contributed by atoms with Crippen molar-refractivity contribution in [3.05, 3.63) is 59.4 Å². The zero-order valence-electron chi connectivity index (χ0n) is 13.9. The fourth-order valence-corrected chi connectivity index (χ4v) is 4.36. The quantitative estimate of drug-likeness (QED) is 0.771. The average Bonchev–Trinajstić information content (AvgIpc) is 3.11. The molecule has 1 N–H and O–H groups in total. The molecule has 128 valence electrons. The van der Waals surface area contributed by atoms with Gasteiger partial charge in [0, 0.05) is 25.5 Å². The minimum atomic E-state index is -0.0205. The van der Waals surface area contributed by atoms with Gasteiger partial charge in [-0.2, -0.15) is 0 Å². The number of benzene rings is 1. The second-order valence-electron chi connectivity index (χ2n) is 6.24. The minimum Gasteiger partial charge on any atom is -0.334 e. The molecule has 2 aromatic heterocycles. The van der Waals surface area contributed by atoms with E-state index in [1.807, 2.05) is 35.2 Å². The van der Waals surface area contributed by atoms with Gasteiger partial charge in [0.25, 0.3) is 0 Å². The van der Waals surface area contributed by atoms with E-state index in [2.05, 4.69) is 16.4 Å². The number of carbonyl (C=O) groups excluding carboxylic acids is 1. The molecule has 0 saturated carbocycles. The number of fused-ring (bicyclic) bond motifs is 1. The summed E-state index contributed by atoms with van der Waals surface area (Å²) in [6.45, 7) is 1.27. The van der Waals surface area contributed by atoms with Crippen LogP contribution in [0.25, 0.3) is 10.2 Å². The number of para-hydroxylation sites is 1. The summed E-state index contributed by atoms with van der Waals surface area (Å²) in [7, 11) is 0. The molecule has 0 bridgehead atoms. The first kappa shape index (κ1) is 16.0. The molecule has 1 saturated heterocycles. The number of rotatable bonds is 3. The second-order valence-corrected chi connectivity index (χ2v) is 7.31. The molecule has 1 atom stereocenters. The lowest BCUT2D eigenvalue weighted by molar-refractivity contribution is 0.151. The number of likely N-dealkylation sites (tertiary alicyclic amines) is 1. The number of hydrogen-bond acceptors (Lipinski definition) is 4. The Bertz CT molecular complexity index is 831. The van der Waals surface area contributed by atoms with Gasteiger partial charge in [0.1, 0.15) is 5.01 Å². The van der Waals surface area contributed by atoms with Gasteiger partial charge in [-0.05, 0) is 43.0 Å². The van der Waals surface area contributed by atoms with Crippen molar-refractivity contribution in [2.24, 2.45) is 0 Å². The Morgan fingerprint density at radius 1 is 1.24 bits per heavy atom. The van der Waals surface area contributed by atoms with Crippen LogP contribution in [-0.2, 0) is 6.54 Å². The van der Waals surface area contributed by atoms with Crippen LogP contribution < -0.4 is 5.32 Å². The van der Waals surface area contributed by atoms with Crippen LogP contribution in [-0.4, -0.2) is 27.4 Å². The number of thiazole rings is 1. The van der Waals surface area contributed by atoms with E-state index in [0.29, 0.717) is 6.54 Å². The lowest BCUT2D eigenvalue weighted by Gasteiger charge is -2.34. The highest BCUT2D eigenvalue weighted by Crippen LogP contribution is 2.35. The molecule has 6 heteroatoms. The van der Waals surface area contributed by atoms with Crippen molar-refractivity contribution in [1.29, 1.82) is 0 Å². The third kappa shape index (κ3) is 3.49. The van der Waals surface area contributed by atoms with Gasteiger partial charge in [0.15, 0.2) is 0 Å². The Morgan fingerprint density at radius 2 is 2.16 bits per heavy atom. The van der Waals surface area contributed by atoms with Gasteiger partial charge in [0.2, 0.25) is 0 Å². The number of nitrogens with zero attached hydrogens (tertiary/aromatic N) is 3. The molecule has 25 heavy (non-hydrogen) atoms. The van der Waals surface area contributed by atoms with E-state index in [1.165, 1.54) is 4.70 Å². The van der Waals surface area contributed by atoms with Crippen LogP contribution in [0.15, 0.2) is 48.8 Å². The van der Waals surface area contributed by atoms with Gasteiger partial charge in [-0.25, -0.2) is 9.78 Å². The van der Waals surface area contributed by atoms with Crippen LogP contribution in [0.5, 0.6) is 0 Å². The molecule has 3 aromatic rings. The van der Waals surface area contributed by atoms with Crippen LogP contribution in [0.4, 0.5) is 4.79 Å². The lowest BCUT2D eigenvalue weighted by atomic mass is 10.0. The summed E-state index contributed by atoms with van der Waals surface area (Å²) in [5, 5.41) is 4.07. The van der Waals surface area contributed by atoms with Crippen LogP contribution in [0.3, 0.4) is 0 Å². The lowest BCUT2D eigenvalue weighted by Crippen LogP contribution is -2.44. The molecule has 4 rings (SSSR count). The standard InChI is InChI=1S/C19H20N4OS/c24-19(21-13-14-6-5-10-20-12-14)23-11-4-3-8-16(23)18-22-15-7-1-2-9-17(15)25-18/h1-2,5-7,9-10,12,16H,3-4,8,11,13H2,(H,21,24). The number of hydrogen-bond donors (Lipinski definition) is 1. The molecule has 1 aliphatic heterocycles. The van der Waals surface area contributed by atoms with Gasteiger partial charge in [-0.3, -0.25) is 4.98 Å². The normalized spacial score (nSPS) is 17.6.